The Morgan fingerprint density at radius 3 is 2.67 bits per heavy atom. The van der Waals surface area contributed by atoms with Gasteiger partial charge in [-0.05, 0) is 29.5 Å². The predicted octanol–water partition coefficient (Wildman–Crippen LogP) is 5.12. The Hall–Kier alpha value is -1.32. The normalized spacial score (nSPS) is 13.1. The van der Waals surface area contributed by atoms with Crippen molar-refractivity contribution >= 4 is 34.0 Å². The number of aryl methyl sites for hydroxylation is 1. The second kappa shape index (κ2) is 6.20. The molecule has 0 amide bonds. The smallest absolute Gasteiger partial charge is 0.111 e. The highest BCUT2D eigenvalue weighted by Gasteiger charge is 2.24. The van der Waals surface area contributed by atoms with E-state index >= 15 is 0 Å². The number of thiophene rings is 1. The van der Waals surface area contributed by atoms with Gasteiger partial charge in [-0.2, -0.15) is 0 Å². The molecule has 2 heterocycles. The van der Waals surface area contributed by atoms with Gasteiger partial charge in [-0.25, -0.2) is 4.98 Å². The zero-order valence-corrected chi connectivity index (χ0v) is 13.9. The van der Waals surface area contributed by atoms with Crippen LogP contribution in [0.2, 0.25) is 0 Å². The summed E-state index contributed by atoms with van der Waals surface area (Å²) in [7, 11) is 0. The Labute approximate surface area is 134 Å². The van der Waals surface area contributed by atoms with Crippen molar-refractivity contribution in [2.75, 3.05) is 5.88 Å². The average molecular weight is 319 g/mol. The summed E-state index contributed by atoms with van der Waals surface area (Å²) in [6.45, 7) is 4.53. The van der Waals surface area contributed by atoms with Gasteiger partial charge < -0.3 is 4.57 Å². The summed E-state index contributed by atoms with van der Waals surface area (Å²) >= 11 is 7.81. The molecule has 0 aliphatic rings. The molecule has 1 unspecified atom stereocenters. The standard InChI is InChI=1S/C17H19ClN2S/c1-12(2)17(15-8-5-11-21-15)20-14-7-4-3-6-13(14)19-16(20)9-10-18/h3-8,11-12,17H,9-10H2,1-2H3. The van der Waals surface area contributed by atoms with E-state index in [4.69, 9.17) is 16.6 Å². The second-order valence-electron chi connectivity index (χ2n) is 5.53. The largest absolute Gasteiger partial charge is 0.319 e. The molecule has 0 bridgehead atoms. The van der Waals surface area contributed by atoms with E-state index in [1.807, 2.05) is 17.4 Å². The molecule has 0 N–H and O–H groups in total. The van der Waals surface area contributed by atoms with E-state index in [1.165, 1.54) is 10.4 Å². The van der Waals surface area contributed by atoms with Crippen LogP contribution in [0.4, 0.5) is 0 Å². The number of rotatable bonds is 5. The molecule has 0 radical (unpaired) electrons. The molecule has 1 aromatic carbocycles. The Bertz CT molecular complexity index is 716. The minimum atomic E-state index is 0.315. The zero-order chi connectivity index (χ0) is 14.8. The molecular weight excluding hydrogens is 300 g/mol. The Kier molecular flexibility index (Phi) is 4.32. The van der Waals surface area contributed by atoms with Crippen molar-refractivity contribution in [3.05, 3.63) is 52.5 Å². The monoisotopic (exact) mass is 318 g/mol. The van der Waals surface area contributed by atoms with Gasteiger partial charge in [0.15, 0.2) is 0 Å². The number of nitrogens with zero attached hydrogens (tertiary/aromatic N) is 2. The van der Waals surface area contributed by atoms with Crippen LogP contribution in [0.15, 0.2) is 41.8 Å². The number of hydrogen-bond donors (Lipinski definition) is 0. The van der Waals surface area contributed by atoms with Crippen LogP contribution >= 0.6 is 22.9 Å². The van der Waals surface area contributed by atoms with Crippen molar-refractivity contribution in [2.45, 2.75) is 26.3 Å². The number of halogens is 1. The van der Waals surface area contributed by atoms with E-state index < -0.39 is 0 Å². The van der Waals surface area contributed by atoms with E-state index in [9.17, 15) is 0 Å². The highest BCUT2D eigenvalue weighted by Crippen LogP contribution is 2.34. The second-order valence-corrected chi connectivity index (χ2v) is 6.89. The summed E-state index contributed by atoms with van der Waals surface area (Å²) < 4.78 is 2.38. The number of imidazole rings is 1. The van der Waals surface area contributed by atoms with Crippen molar-refractivity contribution in [2.24, 2.45) is 5.92 Å². The van der Waals surface area contributed by atoms with Crippen molar-refractivity contribution < 1.29 is 0 Å². The molecule has 110 valence electrons. The SMILES string of the molecule is CC(C)C(c1cccs1)n1c(CCCl)nc2ccccc21. The van der Waals surface area contributed by atoms with Gasteiger partial charge in [0.25, 0.3) is 0 Å². The molecule has 0 aliphatic carbocycles. The molecule has 2 aromatic heterocycles. The van der Waals surface area contributed by atoms with Gasteiger partial charge in [0.2, 0.25) is 0 Å². The Morgan fingerprint density at radius 2 is 2.00 bits per heavy atom. The fourth-order valence-corrected chi connectivity index (χ4v) is 4.04. The van der Waals surface area contributed by atoms with Gasteiger partial charge in [-0.15, -0.1) is 22.9 Å². The van der Waals surface area contributed by atoms with Crippen LogP contribution in [0.1, 0.15) is 30.6 Å². The fourth-order valence-electron chi connectivity index (χ4n) is 2.88. The lowest BCUT2D eigenvalue weighted by Gasteiger charge is -2.24. The lowest BCUT2D eigenvalue weighted by molar-refractivity contribution is 0.441. The summed E-state index contributed by atoms with van der Waals surface area (Å²) in [5.74, 6) is 2.17. The molecule has 4 heteroatoms. The summed E-state index contributed by atoms with van der Waals surface area (Å²) in [6, 6.07) is 13.0. The minimum Gasteiger partial charge on any atom is -0.319 e. The molecule has 3 rings (SSSR count). The fraction of sp³-hybridized carbons (Fsp3) is 0.353. The minimum absolute atomic E-state index is 0.315. The molecule has 2 nitrogen and oxygen atoms in total. The van der Waals surface area contributed by atoms with Gasteiger partial charge in [-0.1, -0.05) is 32.0 Å². The first-order valence-corrected chi connectivity index (χ1v) is 8.69. The van der Waals surface area contributed by atoms with E-state index in [0.29, 0.717) is 17.8 Å². The van der Waals surface area contributed by atoms with Gasteiger partial charge in [-0.3, -0.25) is 0 Å². The zero-order valence-electron chi connectivity index (χ0n) is 12.3. The summed E-state index contributed by atoms with van der Waals surface area (Å²) in [5, 5.41) is 2.14. The first-order chi connectivity index (χ1) is 10.2. The van der Waals surface area contributed by atoms with E-state index in [2.05, 4.69) is 54.1 Å². The molecule has 0 saturated heterocycles. The summed E-state index contributed by atoms with van der Waals surface area (Å²) in [5.41, 5.74) is 2.25. The highest BCUT2D eigenvalue weighted by molar-refractivity contribution is 7.10. The molecule has 0 spiro atoms. The molecule has 1 atom stereocenters. The van der Waals surface area contributed by atoms with Gasteiger partial charge in [0, 0.05) is 17.2 Å². The van der Waals surface area contributed by atoms with Crippen LogP contribution in [-0.2, 0) is 6.42 Å². The van der Waals surface area contributed by atoms with Crippen LogP contribution in [-0.4, -0.2) is 15.4 Å². The number of aromatic nitrogens is 2. The number of para-hydroxylation sites is 2. The van der Waals surface area contributed by atoms with Gasteiger partial charge in [0.1, 0.15) is 5.82 Å². The van der Waals surface area contributed by atoms with Crippen molar-refractivity contribution in [3.8, 4) is 0 Å². The Morgan fingerprint density at radius 1 is 1.19 bits per heavy atom. The molecule has 3 aromatic rings. The maximum atomic E-state index is 5.99. The van der Waals surface area contributed by atoms with E-state index in [-0.39, 0.29) is 0 Å². The first-order valence-electron chi connectivity index (χ1n) is 7.27. The van der Waals surface area contributed by atoms with Crippen LogP contribution < -0.4 is 0 Å². The third kappa shape index (κ3) is 2.72. The van der Waals surface area contributed by atoms with Crippen molar-refractivity contribution in [1.82, 2.24) is 9.55 Å². The van der Waals surface area contributed by atoms with Crippen LogP contribution in [0, 0.1) is 5.92 Å². The highest BCUT2D eigenvalue weighted by atomic mass is 35.5. The predicted molar refractivity (Wildman–Crippen MR) is 91.5 cm³/mol. The third-order valence-electron chi connectivity index (χ3n) is 3.73. The lowest BCUT2D eigenvalue weighted by atomic mass is 10.0. The molecular formula is C17H19ClN2S. The lowest BCUT2D eigenvalue weighted by Crippen LogP contribution is -2.18. The maximum absolute atomic E-state index is 5.99. The number of alkyl halides is 1. The molecule has 0 fully saturated rings. The molecule has 21 heavy (non-hydrogen) atoms. The number of fused-ring (bicyclic) bond motifs is 1. The van der Waals surface area contributed by atoms with Gasteiger partial charge >= 0.3 is 0 Å². The van der Waals surface area contributed by atoms with Crippen LogP contribution in [0.3, 0.4) is 0 Å². The number of hydrogen-bond acceptors (Lipinski definition) is 2. The third-order valence-corrected chi connectivity index (χ3v) is 4.86. The Balaban J connectivity index is 2.22. The van der Waals surface area contributed by atoms with Crippen molar-refractivity contribution in [3.63, 3.8) is 0 Å². The molecule has 0 saturated carbocycles. The van der Waals surface area contributed by atoms with Crippen molar-refractivity contribution in [1.29, 1.82) is 0 Å². The first kappa shape index (κ1) is 14.6. The van der Waals surface area contributed by atoms with Crippen LogP contribution in [0.5, 0.6) is 0 Å². The topological polar surface area (TPSA) is 17.8 Å². The van der Waals surface area contributed by atoms with E-state index in [1.54, 1.807) is 0 Å². The van der Waals surface area contributed by atoms with Gasteiger partial charge in [0.05, 0.1) is 17.1 Å². The average Bonchev–Trinajstić information content (AvgIpc) is 3.09. The van der Waals surface area contributed by atoms with Crippen LogP contribution in [0.25, 0.3) is 11.0 Å². The maximum Gasteiger partial charge on any atom is 0.111 e. The summed E-state index contributed by atoms with van der Waals surface area (Å²) in [6.07, 6.45) is 0.796. The quantitative estimate of drug-likeness (QED) is 0.597. The summed E-state index contributed by atoms with van der Waals surface area (Å²) in [4.78, 5) is 6.18. The number of benzene rings is 1. The molecule has 0 aliphatic heterocycles. The van der Waals surface area contributed by atoms with E-state index in [0.717, 1.165) is 17.8 Å².